The first-order chi connectivity index (χ1) is 10.3. The molecular weight excluding hydrogens is 304 g/mol. The molecule has 0 radical (unpaired) electrons. The summed E-state index contributed by atoms with van der Waals surface area (Å²) < 4.78 is 10.7. The predicted molar refractivity (Wildman–Crippen MR) is 86.1 cm³/mol. The predicted octanol–water partition coefficient (Wildman–Crippen LogP) is 4.46. The van der Waals surface area contributed by atoms with Gasteiger partial charge < -0.3 is 9.15 Å². The Balaban J connectivity index is 1.98. The van der Waals surface area contributed by atoms with E-state index < -0.39 is 11.7 Å². The number of hydrogen-bond acceptors (Lipinski definition) is 4. The Morgan fingerprint density at radius 2 is 2.09 bits per heavy atom. The maximum absolute atomic E-state index is 11.4. The van der Waals surface area contributed by atoms with Gasteiger partial charge in [0.05, 0.1) is 6.21 Å². The lowest BCUT2D eigenvalue weighted by Gasteiger charge is -2.18. The Bertz CT molecular complexity index is 687. The van der Waals surface area contributed by atoms with Gasteiger partial charge in [0.2, 0.25) is 0 Å². The van der Waals surface area contributed by atoms with Gasteiger partial charge in [-0.2, -0.15) is 5.10 Å². The van der Waals surface area contributed by atoms with Gasteiger partial charge in [-0.25, -0.2) is 10.2 Å². The standard InChI is InChI=1S/C16H17ClN2O3/c1-16(2,3)22-15(20)19-18-10-13-7-8-14(21-13)11-5-4-6-12(17)9-11/h4-10H,1-3H3,(H,19,20). The highest BCUT2D eigenvalue weighted by molar-refractivity contribution is 6.30. The summed E-state index contributed by atoms with van der Waals surface area (Å²) in [5.74, 6) is 1.17. The molecule has 116 valence electrons. The van der Waals surface area contributed by atoms with E-state index in [1.165, 1.54) is 6.21 Å². The summed E-state index contributed by atoms with van der Waals surface area (Å²) in [5.41, 5.74) is 2.58. The number of carbonyl (C=O) groups is 1. The topological polar surface area (TPSA) is 63.8 Å². The van der Waals surface area contributed by atoms with Gasteiger partial charge in [0.25, 0.3) is 0 Å². The van der Waals surface area contributed by atoms with Gasteiger partial charge in [-0.1, -0.05) is 23.7 Å². The van der Waals surface area contributed by atoms with Gasteiger partial charge in [0.1, 0.15) is 17.1 Å². The third-order valence-corrected chi connectivity index (χ3v) is 2.72. The highest BCUT2D eigenvalue weighted by atomic mass is 35.5. The number of ether oxygens (including phenoxy) is 1. The van der Waals surface area contributed by atoms with Crippen molar-refractivity contribution in [2.24, 2.45) is 5.10 Å². The van der Waals surface area contributed by atoms with Crippen LogP contribution in [-0.4, -0.2) is 17.9 Å². The summed E-state index contributed by atoms with van der Waals surface area (Å²) >= 11 is 5.94. The lowest BCUT2D eigenvalue weighted by molar-refractivity contribution is 0.0529. The van der Waals surface area contributed by atoms with Gasteiger partial charge in [-0.15, -0.1) is 0 Å². The first kappa shape index (κ1) is 16.1. The Labute approximate surface area is 133 Å². The van der Waals surface area contributed by atoms with Crippen LogP contribution in [-0.2, 0) is 4.74 Å². The van der Waals surface area contributed by atoms with E-state index in [4.69, 9.17) is 20.8 Å². The number of hydrazone groups is 1. The monoisotopic (exact) mass is 320 g/mol. The number of amides is 1. The van der Waals surface area contributed by atoms with Gasteiger partial charge in [-0.05, 0) is 45.0 Å². The average Bonchev–Trinajstić information content (AvgIpc) is 2.85. The summed E-state index contributed by atoms with van der Waals surface area (Å²) in [7, 11) is 0. The fourth-order valence-corrected chi connectivity index (χ4v) is 1.86. The molecular formula is C16H17ClN2O3. The molecule has 0 spiro atoms. The molecule has 0 saturated heterocycles. The minimum Gasteiger partial charge on any atom is -0.455 e. The first-order valence-electron chi connectivity index (χ1n) is 6.71. The van der Waals surface area contributed by atoms with Crippen LogP contribution in [0, 0.1) is 0 Å². The molecule has 5 nitrogen and oxygen atoms in total. The molecule has 2 aromatic rings. The summed E-state index contributed by atoms with van der Waals surface area (Å²) in [6, 6.07) is 10.9. The second-order valence-electron chi connectivity index (χ2n) is 5.58. The fourth-order valence-electron chi connectivity index (χ4n) is 1.67. The zero-order valence-electron chi connectivity index (χ0n) is 12.6. The third kappa shape index (κ3) is 4.93. The van der Waals surface area contributed by atoms with Gasteiger partial charge in [-0.3, -0.25) is 0 Å². The van der Waals surface area contributed by atoms with Crippen LogP contribution in [0.3, 0.4) is 0 Å². The van der Waals surface area contributed by atoms with E-state index >= 15 is 0 Å². The highest BCUT2D eigenvalue weighted by Crippen LogP contribution is 2.24. The molecule has 0 aliphatic carbocycles. The van der Waals surface area contributed by atoms with Gasteiger partial charge >= 0.3 is 6.09 Å². The van der Waals surface area contributed by atoms with Gasteiger partial charge in [0.15, 0.2) is 0 Å². The van der Waals surface area contributed by atoms with Crippen molar-refractivity contribution in [2.75, 3.05) is 0 Å². The second-order valence-corrected chi connectivity index (χ2v) is 6.02. The molecule has 22 heavy (non-hydrogen) atoms. The van der Waals surface area contributed by atoms with Crippen molar-refractivity contribution >= 4 is 23.9 Å². The zero-order chi connectivity index (χ0) is 16.2. The fraction of sp³-hybridized carbons (Fsp3) is 0.250. The molecule has 2 rings (SSSR count). The molecule has 0 bridgehead atoms. The van der Waals surface area contributed by atoms with Crippen LogP contribution in [0.25, 0.3) is 11.3 Å². The molecule has 1 heterocycles. The Kier molecular flexibility index (Phi) is 4.88. The Morgan fingerprint density at radius 1 is 1.32 bits per heavy atom. The maximum atomic E-state index is 11.4. The van der Waals surface area contributed by atoms with Crippen LogP contribution >= 0.6 is 11.6 Å². The summed E-state index contributed by atoms with van der Waals surface area (Å²) in [6.45, 7) is 5.33. The minimum atomic E-state index is -0.620. The van der Waals surface area contributed by atoms with E-state index in [2.05, 4.69) is 10.5 Å². The maximum Gasteiger partial charge on any atom is 0.428 e. The number of furan rings is 1. The van der Waals surface area contributed by atoms with E-state index in [9.17, 15) is 4.79 Å². The van der Waals surface area contributed by atoms with Crippen molar-refractivity contribution < 1.29 is 13.9 Å². The zero-order valence-corrected chi connectivity index (χ0v) is 13.3. The van der Waals surface area contributed by atoms with Crippen LogP contribution in [0.15, 0.2) is 45.9 Å². The molecule has 0 unspecified atom stereocenters. The quantitative estimate of drug-likeness (QED) is 0.671. The number of nitrogens with one attached hydrogen (secondary N) is 1. The molecule has 6 heteroatoms. The second kappa shape index (κ2) is 6.66. The molecule has 0 atom stereocenters. The van der Waals surface area contributed by atoms with E-state index in [0.29, 0.717) is 16.5 Å². The molecule has 1 amide bonds. The summed E-state index contributed by atoms with van der Waals surface area (Å²) in [5, 5.41) is 4.42. The molecule has 1 aromatic carbocycles. The van der Waals surface area contributed by atoms with Crippen LogP contribution in [0.1, 0.15) is 26.5 Å². The average molecular weight is 321 g/mol. The van der Waals surface area contributed by atoms with E-state index in [-0.39, 0.29) is 0 Å². The van der Waals surface area contributed by atoms with Crippen molar-refractivity contribution in [2.45, 2.75) is 26.4 Å². The molecule has 0 aliphatic heterocycles. The Hall–Kier alpha value is -2.27. The van der Waals surface area contributed by atoms with E-state index in [0.717, 1.165) is 5.56 Å². The van der Waals surface area contributed by atoms with Crippen LogP contribution in [0.4, 0.5) is 4.79 Å². The highest BCUT2D eigenvalue weighted by Gasteiger charge is 2.15. The SMILES string of the molecule is CC(C)(C)OC(=O)NN=Cc1ccc(-c2cccc(Cl)c2)o1. The first-order valence-corrected chi connectivity index (χ1v) is 7.09. The summed E-state index contributed by atoms with van der Waals surface area (Å²) in [6.07, 6.45) is 0.781. The van der Waals surface area contributed by atoms with Gasteiger partial charge in [0, 0.05) is 10.6 Å². The third-order valence-electron chi connectivity index (χ3n) is 2.48. The van der Waals surface area contributed by atoms with Crippen molar-refractivity contribution in [3.63, 3.8) is 0 Å². The minimum absolute atomic E-state index is 0.506. The van der Waals surface area contributed by atoms with Crippen molar-refractivity contribution in [3.05, 3.63) is 47.2 Å². The number of carbonyl (C=O) groups excluding carboxylic acids is 1. The summed E-state index contributed by atoms with van der Waals surface area (Å²) in [4.78, 5) is 11.4. The van der Waals surface area contributed by atoms with Crippen molar-refractivity contribution in [1.82, 2.24) is 5.43 Å². The molecule has 0 aliphatic rings. The number of nitrogens with zero attached hydrogens (tertiary/aromatic N) is 1. The molecule has 1 N–H and O–H groups in total. The van der Waals surface area contributed by atoms with Crippen LogP contribution in [0.5, 0.6) is 0 Å². The Morgan fingerprint density at radius 3 is 2.77 bits per heavy atom. The van der Waals surface area contributed by atoms with Crippen LogP contribution in [0.2, 0.25) is 5.02 Å². The normalized spacial score (nSPS) is 11.6. The smallest absolute Gasteiger partial charge is 0.428 e. The lowest BCUT2D eigenvalue weighted by Crippen LogP contribution is -2.29. The van der Waals surface area contributed by atoms with E-state index in [1.54, 1.807) is 45.0 Å². The van der Waals surface area contributed by atoms with E-state index in [1.807, 2.05) is 12.1 Å². The number of halogens is 1. The largest absolute Gasteiger partial charge is 0.455 e. The van der Waals surface area contributed by atoms with Crippen molar-refractivity contribution in [3.8, 4) is 11.3 Å². The number of benzene rings is 1. The molecule has 1 aromatic heterocycles. The lowest BCUT2D eigenvalue weighted by atomic mass is 10.2. The molecule has 0 fully saturated rings. The number of rotatable bonds is 3. The number of hydrogen-bond donors (Lipinski definition) is 1. The van der Waals surface area contributed by atoms with Crippen LogP contribution < -0.4 is 5.43 Å². The molecule has 0 saturated carbocycles. The van der Waals surface area contributed by atoms with Crippen molar-refractivity contribution in [1.29, 1.82) is 0 Å².